The number of aliphatic hydroxyl groups excluding tert-OH is 1. The van der Waals surface area contributed by atoms with Gasteiger partial charge in [0.05, 0.1) is 11.6 Å². The van der Waals surface area contributed by atoms with Crippen molar-refractivity contribution in [3.05, 3.63) is 29.7 Å². The third-order valence-electron chi connectivity index (χ3n) is 1.07. The molecule has 0 bridgehead atoms. The summed E-state index contributed by atoms with van der Waals surface area (Å²) in [5, 5.41) is 7.72. The lowest BCUT2D eigenvalue weighted by atomic mass is 10.1. The van der Waals surface area contributed by atoms with Gasteiger partial charge in [0.2, 0.25) is 1.43 Å². The first-order valence-electron chi connectivity index (χ1n) is 8.73. The molecule has 3 N–H and O–H groups in total. The van der Waals surface area contributed by atoms with E-state index in [1.54, 1.807) is 0 Å². The molecule has 1 aromatic rings. The van der Waals surface area contributed by atoms with Gasteiger partial charge in [0.25, 0.3) is 1.43 Å². The van der Waals surface area contributed by atoms with Crippen LogP contribution < -0.4 is 5.31 Å². The molecule has 0 aliphatic rings. The number of rotatable bonds is 5. The van der Waals surface area contributed by atoms with Gasteiger partial charge in [-0.1, -0.05) is 12.1 Å². The molecule has 0 unspecified atom stereocenters. The van der Waals surface area contributed by atoms with E-state index < -0.39 is 60.4 Å². The lowest BCUT2D eigenvalue weighted by Gasteiger charge is -2.09. The summed E-state index contributed by atoms with van der Waals surface area (Å²) in [6.07, 6.45) is -2.26. The summed E-state index contributed by atoms with van der Waals surface area (Å²) in [7, 11) is 0. The molecule has 1 aromatic carbocycles. The number of phenolic OH excluding ortho intramolecular Hbond substituents is 1. The van der Waals surface area contributed by atoms with Gasteiger partial charge in [0, 0.05) is 13.4 Å². The SMILES string of the molecule is [2H]Oc1c([2H])c([2H])c([2H])c([C@H](O[2H])C([2H])([2H])N([2H])C([2H])([2H])[2H])c1[2H]. The highest BCUT2D eigenvalue weighted by molar-refractivity contribution is 5.28. The first-order chi connectivity index (χ1) is 10.8. The van der Waals surface area contributed by atoms with Crippen LogP contribution in [0.25, 0.3) is 0 Å². The van der Waals surface area contributed by atoms with Gasteiger partial charge >= 0.3 is 0 Å². The molecule has 0 radical (unpaired) electrons. The molecule has 0 aliphatic heterocycles. The Balaban J connectivity index is 3.65. The molecular formula is C9H13NO2. The average molecular weight is 179 g/mol. The van der Waals surface area contributed by atoms with Gasteiger partial charge in [-0.3, -0.25) is 0 Å². The van der Waals surface area contributed by atoms with E-state index in [1.807, 2.05) is 0 Å². The predicted octanol–water partition coefficient (Wildman–Crippen LogP) is 0.645. The highest BCUT2D eigenvalue weighted by Crippen LogP contribution is 2.17. The Labute approximate surface area is 88.8 Å². The summed E-state index contributed by atoms with van der Waals surface area (Å²) in [6, 6.07) is -3.35. The predicted molar refractivity (Wildman–Crippen MR) is 47.0 cm³/mol. The Kier molecular flexibility index (Phi) is 0.700. The maximum atomic E-state index is 7.82. The molecule has 0 aliphatic carbocycles. The van der Waals surface area contributed by atoms with E-state index in [9.17, 15) is 0 Å². The molecule has 0 aromatic heterocycles. The smallest absolute Gasteiger partial charge is 0.293 e. The van der Waals surface area contributed by atoms with Crippen LogP contribution in [0.3, 0.4) is 0 Å². The Bertz CT molecular complexity index is 618. The monoisotopic (exact) mass is 179 g/mol. The van der Waals surface area contributed by atoms with Crippen LogP contribution in [0.1, 0.15) is 24.0 Å². The molecule has 1 atom stereocenters. The van der Waals surface area contributed by atoms with Crippen LogP contribution in [-0.2, 0) is 0 Å². The van der Waals surface area contributed by atoms with Crippen LogP contribution in [0.5, 0.6) is 5.75 Å². The second-order valence-corrected chi connectivity index (χ2v) is 1.86. The van der Waals surface area contributed by atoms with Gasteiger partial charge in [0.15, 0.2) is 0 Å². The molecule has 0 spiro atoms. The maximum Gasteiger partial charge on any atom is 0.293 e. The Morgan fingerprint density at radius 1 is 2.00 bits per heavy atom. The first kappa shape index (κ1) is 2.05. The zero-order chi connectivity index (χ0) is 19.0. The van der Waals surface area contributed by atoms with Crippen molar-refractivity contribution in [3.63, 3.8) is 0 Å². The van der Waals surface area contributed by atoms with Gasteiger partial charge in [-0.25, -0.2) is 0 Å². The van der Waals surface area contributed by atoms with Crippen molar-refractivity contribution in [2.45, 2.75) is 6.10 Å². The molecule has 0 saturated carbocycles. The summed E-state index contributed by atoms with van der Waals surface area (Å²) in [5.74, 6) is -0.783. The van der Waals surface area contributed by atoms with E-state index in [1.165, 1.54) is 0 Å². The Hall–Kier alpha value is -1.06. The fourth-order valence-corrected chi connectivity index (χ4v) is 0.594. The summed E-state index contributed by atoms with van der Waals surface area (Å²) in [5.41, 5.74) is -0.778. The standard InChI is InChI=1S/C9H13NO2/c1-10-6-9(12)7-3-2-4-8(11)5-7/h2-5,9-12H,6H2,1H3/t9-/m1/s1/i1D3,2D,3D,4D,5D,6D2,12D/hD2. The van der Waals surface area contributed by atoms with Crippen LogP contribution >= 0.6 is 0 Å². The minimum atomic E-state index is -3.24. The van der Waals surface area contributed by atoms with Crippen LogP contribution in [0.2, 0.25) is 1.41 Å². The summed E-state index contributed by atoms with van der Waals surface area (Å²) in [4.78, 5) is 0. The number of benzene rings is 1. The van der Waals surface area contributed by atoms with Gasteiger partial charge in [-0.2, -0.15) is 0 Å². The van der Waals surface area contributed by atoms with Crippen molar-refractivity contribution in [1.29, 1.82) is 2.86 Å². The van der Waals surface area contributed by atoms with E-state index in [-0.39, 0.29) is 0 Å². The number of hydrogen-bond acceptors (Lipinski definition) is 3. The van der Waals surface area contributed by atoms with Crippen LogP contribution in [0.15, 0.2) is 24.2 Å². The van der Waals surface area contributed by atoms with Gasteiger partial charge in [-0.15, -0.1) is 0 Å². The molecule has 12 heavy (non-hydrogen) atoms. The van der Waals surface area contributed by atoms with Crippen LogP contribution in [0, 0.1) is 0 Å². The maximum absolute atomic E-state index is 7.82. The zero-order valence-corrected chi connectivity index (χ0v) is 5.84. The average Bonchev–Trinajstić information content (AvgIpc) is 2.48. The number of aliphatic hydroxyl groups is 1. The third-order valence-corrected chi connectivity index (χ3v) is 1.07. The Morgan fingerprint density at radius 2 is 3.00 bits per heavy atom. The fourth-order valence-electron chi connectivity index (χ4n) is 0.594. The Morgan fingerprint density at radius 3 is 3.75 bits per heavy atom. The molecule has 0 amide bonds. The van der Waals surface area contributed by atoms with Crippen molar-refractivity contribution < 1.29 is 24.0 Å². The molecule has 0 saturated heterocycles. The third kappa shape index (κ3) is 2.22. The molecule has 3 nitrogen and oxygen atoms in total. The van der Waals surface area contributed by atoms with E-state index in [0.717, 1.165) is 0 Å². The molecule has 0 heterocycles. The summed E-state index contributed by atoms with van der Waals surface area (Å²) >= 11 is 0. The lowest BCUT2D eigenvalue weighted by Crippen LogP contribution is -2.16. The number of likely N-dealkylation sites (N-methyl/N-ethyl adjacent to an activating group) is 1. The number of phenols is 1. The first-order valence-corrected chi connectivity index (χ1v) is 2.96. The number of aromatic hydroxyl groups is 1. The molecule has 0 fully saturated rings. The van der Waals surface area contributed by atoms with Gasteiger partial charge in [-0.05, 0) is 24.6 Å². The van der Waals surface area contributed by atoms with E-state index in [4.69, 9.17) is 16.6 Å². The molecule has 3 heteroatoms. The summed E-state index contributed by atoms with van der Waals surface area (Å²) < 4.78 is 88.7. The van der Waals surface area contributed by atoms with Gasteiger partial charge < -0.3 is 15.5 Å². The van der Waals surface area contributed by atoms with Crippen LogP contribution in [-0.4, -0.2) is 26.6 Å². The largest absolute Gasteiger partial charge is 0.508 e. The minimum absolute atomic E-state index is 0.461. The topological polar surface area (TPSA) is 52.5 Å². The van der Waals surface area contributed by atoms with Crippen molar-refractivity contribution >= 4 is 0 Å². The molecule has 1 rings (SSSR count). The van der Waals surface area contributed by atoms with E-state index >= 15 is 0 Å². The van der Waals surface area contributed by atoms with E-state index in [2.05, 4.69) is 10.2 Å². The normalized spacial score (nSPS) is 29.4. The van der Waals surface area contributed by atoms with Crippen molar-refractivity contribution in [2.75, 3.05) is 13.5 Å². The molecule has 66 valence electrons. The zero-order valence-electron chi connectivity index (χ0n) is 17.8. The van der Waals surface area contributed by atoms with E-state index in [0.29, 0.717) is 0 Å². The van der Waals surface area contributed by atoms with Gasteiger partial charge in [0.1, 0.15) is 7.16 Å². The lowest BCUT2D eigenvalue weighted by molar-refractivity contribution is 0.177. The molecular weight excluding hydrogens is 154 g/mol. The second kappa shape index (κ2) is 4.09. The summed E-state index contributed by atoms with van der Waals surface area (Å²) in [6.45, 7) is -6.44. The van der Waals surface area contributed by atoms with Crippen molar-refractivity contribution in [1.82, 2.24) is 5.31 Å². The number of nitrogens with one attached hydrogen (secondary N) is 1. The quantitative estimate of drug-likeness (QED) is 0.622. The number of hydrogen-bond donors (Lipinski definition) is 3. The minimum Gasteiger partial charge on any atom is -0.508 e. The highest BCUT2D eigenvalue weighted by atomic mass is 16.3. The second-order valence-electron chi connectivity index (χ2n) is 1.86. The van der Waals surface area contributed by atoms with Crippen LogP contribution in [0.4, 0.5) is 0 Å². The highest BCUT2D eigenvalue weighted by Gasteiger charge is 2.05. The van der Waals surface area contributed by atoms with Crippen molar-refractivity contribution in [2.24, 2.45) is 0 Å². The fraction of sp³-hybridized carbons (Fsp3) is 0.333. The van der Waals surface area contributed by atoms with Crippen molar-refractivity contribution in [3.8, 4) is 5.75 Å².